The van der Waals surface area contributed by atoms with Crippen LogP contribution in [0, 0.1) is 5.41 Å². The Kier molecular flexibility index (Phi) is 4.43. The van der Waals surface area contributed by atoms with Gasteiger partial charge in [0.1, 0.15) is 0 Å². The summed E-state index contributed by atoms with van der Waals surface area (Å²) >= 11 is 0. The Balaban J connectivity index is 2.47. The van der Waals surface area contributed by atoms with Gasteiger partial charge in [-0.2, -0.15) is 0 Å². The number of rotatable bonds is 3. The van der Waals surface area contributed by atoms with Gasteiger partial charge in [0.15, 0.2) is 5.96 Å². The lowest BCUT2D eigenvalue weighted by Crippen LogP contribution is -2.42. The molecule has 1 aliphatic carbocycles. The Labute approximate surface area is 94.0 Å². The van der Waals surface area contributed by atoms with Gasteiger partial charge in [-0.15, -0.1) is 0 Å². The maximum atomic E-state index is 4.25. The average molecular weight is 211 g/mol. The first-order valence-corrected chi connectivity index (χ1v) is 6.01. The first-order valence-electron chi connectivity index (χ1n) is 6.01. The van der Waals surface area contributed by atoms with E-state index in [9.17, 15) is 0 Å². The maximum absolute atomic E-state index is 4.25. The minimum Gasteiger partial charge on any atom is -0.356 e. The van der Waals surface area contributed by atoms with Crippen molar-refractivity contribution in [1.29, 1.82) is 0 Å². The third kappa shape index (κ3) is 3.11. The summed E-state index contributed by atoms with van der Waals surface area (Å²) in [5.41, 5.74) is 0.534. The van der Waals surface area contributed by atoms with Gasteiger partial charge < -0.3 is 10.2 Å². The molecule has 0 saturated heterocycles. The lowest BCUT2D eigenvalue weighted by Gasteiger charge is -2.29. The zero-order chi connectivity index (χ0) is 11.3. The Morgan fingerprint density at radius 3 is 2.33 bits per heavy atom. The SMILES string of the molecule is CCC1(CNC(=NC)N(C)C)CCCC1. The van der Waals surface area contributed by atoms with E-state index in [0.717, 1.165) is 12.5 Å². The molecule has 0 aromatic heterocycles. The molecular formula is C12H25N3. The van der Waals surface area contributed by atoms with Crippen LogP contribution in [0.5, 0.6) is 0 Å². The molecule has 0 atom stereocenters. The third-order valence-corrected chi connectivity index (χ3v) is 3.67. The number of hydrogen-bond donors (Lipinski definition) is 1. The maximum Gasteiger partial charge on any atom is 0.193 e. The summed E-state index contributed by atoms with van der Waals surface area (Å²) in [6, 6.07) is 0. The molecule has 0 aromatic rings. The molecule has 0 radical (unpaired) electrons. The highest BCUT2D eigenvalue weighted by atomic mass is 15.3. The van der Waals surface area contributed by atoms with E-state index < -0.39 is 0 Å². The fourth-order valence-electron chi connectivity index (χ4n) is 2.48. The molecule has 1 aliphatic rings. The van der Waals surface area contributed by atoms with E-state index in [0.29, 0.717) is 5.41 Å². The van der Waals surface area contributed by atoms with Crippen molar-refractivity contribution in [1.82, 2.24) is 10.2 Å². The molecule has 1 N–H and O–H groups in total. The van der Waals surface area contributed by atoms with E-state index in [4.69, 9.17) is 0 Å². The van der Waals surface area contributed by atoms with Gasteiger partial charge in [0, 0.05) is 27.7 Å². The van der Waals surface area contributed by atoms with Crippen molar-refractivity contribution in [2.24, 2.45) is 10.4 Å². The highest BCUT2D eigenvalue weighted by Gasteiger charge is 2.31. The van der Waals surface area contributed by atoms with Crippen molar-refractivity contribution in [2.45, 2.75) is 39.0 Å². The molecule has 1 fully saturated rings. The number of nitrogens with zero attached hydrogens (tertiary/aromatic N) is 2. The Morgan fingerprint density at radius 1 is 1.33 bits per heavy atom. The molecule has 0 bridgehead atoms. The summed E-state index contributed by atoms with van der Waals surface area (Å²) in [6.45, 7) is 3.39. The fourth-order valence-corrected chi connectivity index (χ4v) is 2.48. The van der Waals surface area contributed by atoms with Gasteiger partial charge in [-0.3, -0.25) is 4.99 Å². The van der Waals surface area contributed by atoms with Gasteiger partial charge in [-0.05, 0) is 24.7 Å². The number of nitrogens with one attached hydrogen (secondary N) is 1. The van der Waals surface area contributed by atoms with E-state index in [1.165, 1.54) is 32.1 Å². The predicted octanol–water partition coefficient (Wildman–Crippen LogP) is 2.09. The summed E-state index contributed by atoms with van der Waals surface area (Å²) in [6.07, 6.45) is 6.83. The topological polar surface area (TPSA) is 27.6 Å². The third-order valence-electron chi connectivity index (χ3n) is 3.67. The van der Waals surface area contributed by atoms with Crippen molar-refractivity contribution < 1.29 is 0 Å². The number of aliphatic imine (C=N–C) groups is 1. The van der Waals surface area contributed by atoms with Crippen LogP contribution in [0.2, 0.25) is 0 Å². The van der Waals surface area contributed by atoms with Gasteiger partial charge in [0.2, 0.25) is 0 Å². The van der Waals surface area contributed by atoms with Crippen molar-refractivity contribution in [3.63, 3.8) is 0 Å². The van der Waals surface area contributed by atoms with Crippen LogP contribution in [0.15, 0.2) is 4.99 Å². The van der Waals surface area contributed by atoms with E-state index in [2.05, 4.69) is 17.2 Å². The van der Waals surface area contributed by atoms with Crippen LogP contribution in [0.3, 0.4) is 0 Å². The molecular weight excluding hydrogens is 186 g/mol. The summed E-state index contributed by atoms with van der Waals surface area (Å²) < 4.78 is 0. The van der Waals surface area contributed by atoms with Crippen LogP contribution in [0.4, 0.5) is 0 Å². The minimum absolute atomic E-state index is 0.534. The van der Waals surface area contributed by atoms with Crippen molar-refractivity contribution in [3.8, 4) is 0 Å². The van der Waals surface area contributed by atoms with Gasteiger partial charge >= 0.3 is 0 Å². The molecule has 0 aliphatic heterocycles. The lowest BCUT2D eigenvalue weighted by molar-refractivity contribution is 0.281. The van der Waals surface area contributed by atoms with Crippen LogP contribution >= 0.6 is 0 Å². The second-order valence-corrected chi connectivity index (χ2v) is 4.86. The van der Waals surface area contributed by atoms with Gasteiger partial charge in [-0.1, -0.05) is 19.8 Å². The van der Waals surface area contributed by atoms with E-state index in [1.807, 2.05) is 26.0 Å². The standard InChI is InChI=1S/C12H25N3/c1-5-12(8-6-7-9-12)10-14-11(13-2)15(3)4/h5-10H2,1-4H3,(H,13,14). The Hall–Kier alpha value is -0.730. The van der Waals surface area contributed by atoms with E-state index >= 15 is 0 Å². The quantitative estimate of drug-likeness (QED) is 0.572. The van der Waals surface area contributed by atoms with Gasteiger partial charge in [-0.25, -0.2) is 0 Å². The minimum atomic E-state index is 0.534. The highest BCUT2D eigenvalue weighted by Crippen LogP contribution is 2.40. The Morgan fingerprint density at radius 2 is 1.93 bits per heavy atom. The second-order valence-electron chi connectivity index (χ2n) is 4.86. The monoisotopic (exact) mass is 211 g/mol. The summed E-state index contributed by atoms with van der Waals surface area (Å²) in [4.78, 5) is 6.29. The first kappa shape index (κ1) is 12.3. The number of guanidine groups is 1. The second kappa shape index (κ2) is 5.38. The smallest absolute Gasteiger partial charge is 0.193 e. The molecule has 0 aromatic carbocycles. The van der Waals surface area contributed by atoms with Crippen molar-refractivity contribution >= 4 is 5.96 Å². The van der Waals surface area contributed by atoms with Crippen LogP contribution in [0.25, 0.3) is 0 Å². The van der Waals surface area contributed by atoms with Crippen molar-refractivity contribution in [2.75, 3.05) is 27.7 Å². The zero-order valence-electron chi connectivity index (χ0n) is 10.6. The number of hydrogen-bond acceptors (Lipinski definition) is 1. The molecule has 3 nitrogen and oxygen atoms in total. The summed E-state index contributed by atoms with van der Waals surface area (Å²) in [5, 5.41) is 3.48. The molecule has 0 heterocycles. The fraction of sp³-hybridized carbons (Fsp3) is 0.917. The molecule has 1 saturated carbocycles. The summed E-state index contributed by atoms with van der Waals surface area (Å²) in [7, 11) is 5.90. The molecule has 88 valence electrons. The van der Waals surface area contributed by atoms with E-state index in [-0.39, 0.29) is 0 Å². The summed E-state index contributed by atoms with van der Waals surface area (Å²) in [5.74, 6) is 0.995. The van der Waals surface area contributed by atoms with Crippen LogP contribution in [0.1, 0.15) is 39.0 Å². The molecule has 15 heavy (non-hydrogen) atoms. The zero-order valence-corrected chi connectivity index (χ0v) is 10.6. The van der Waals surface area contributed by atoms with E-state index in [1.54, 1.807) is 0 Å². The molecule has 3 heteroatoms. The highest BCUT2D eigenvalue weighted by molar-refractivity contribution is 5.79. The Bertz CT molecular complexity index is 215. The molecule has 0 unspecified atom stereocenters. The van der Waals surface area contributed by atoms with Crippen LogP contribution in [-0.4, -0.2) is 38.5 Å². The van der Waals surface area contributed by atoms with Crippen molar-refractivity contribution in [3.05, 3.63) is 0 Å². The first-order chi connectivity index (χ1) is 7.13. The average Bonchev–Trinajstić information content (AvgIpc) is 2.68. The van der Waals surface area contributed by atoms with Gasteiger partial charge in [0.25, 0.3) is 0 Å². The molecule has 1 rings (SSSR count). The largest absolute Gasteiger partial charge is 0.356 e. The predicted molar refractivity (Wildman–Crippen MR) is 66.2 cm³/mol. The lowest BCUT2D eigenvalue weighted by atomic mass is 9.83. The normalized spacial score (nSPS) is 20.4. The molecule has 0 spiro atoms. The van der Waals surface area contributed by atoms with Crippen LogP contribution in [-0.2, 0) is 0 Å². The molecule has 0 amide bonds. The van der Waals surface area contributed by atoms with Gasteiger partial charge in [0.05, 0.1) is 0 Å². The van der Waals surface area contributed by atoms with Crippen LogP contribution < -0.4 is 5.32 Å².